The molecule has 0 radical (unpaired) electrons. The lowest BCUT2D eigenvalue weighted by atomic mass is 9.72. The van der Waals surface area contributed by atoms with Gasteiger partial charge in [-0.05, 0) is 67.7 Å². The zero-order valence-electron chi connectivity index (χ0n) is 16.3. The van der Waals surface area contributed by atoms with E-state index in [1.807, 2.05) is 19.9 Å². The number of hydrogen-bond donors (Lipinski definition) is 2. The molecule has 140 valence electrons. The molecule has 0 spiro atoms. The monoisotopic (exact) mass is 372 g/mol. The van der Waals surface area contributed by atoms with Gasteiger partial charge in [0, 0.05) is 22.7 Å². The van der Waals surface area contributed by atoms with E-state index in [2.05, 4.69) is 37.1 Å². The van der Waals surface area contributed by atoms with Gasteiger partial charge < -0.3 is 10.3 Å². The molecule has 2 N–H and O–H groups in total. The van der Waals surface area contributed by atoms with Crippen LogP contribution in [-0.2, 0) is 19.4 Å². The number of nitrogens with one attached hydrogen (secondary N) is 2. The Balaban J connectivity index is 1.71. The van der Waals surface area contributed by atoms with Crippen LogP contribution >= 0.6 is 11.3 Å². The summed E-state index contributed by atoms with van der Waals surface area (Å²) in [6, 6.07) is 3.98. The number of H-pyrrole nitrogens is 1. The van der Waals surface area contributed by atoms with Crippen molar-refractivity contribution in [2.24, 2.45) is 11.3 Å². The molecule has 2 aromatic rings. The first-order chi connectivity index (χ1) is 12.1. The third-order valence-electron chi connectivity index (χ3n) is 5.45. The fourth-order valence-electron chi connectivity index (χ4n) is 3.73. The molecule has 0 saturated carbocycles. The summed E-state index contributed by atoms with van der Waals surface area (Å²) in [5.41, 5.74) is 3.87. The van der Waals surface area contributed by atoms with Gasteiger partial charge in [-0.15, -0.1) is 11.3 Å². The molecular weight excluding hydrogens is 344 g/mol. The largest absolute Gasteiger partial charge is 0.347 e. The lowest BCUT2D eigenvalue weighted by Gasteiger charge is -2.33. The van der Waals surface area contributed by atoms with Crippen LogP contribution in [0.25, 0.3) is 0 Å². The predicted octanol–water partition coefficient (Wildman–Crippen LogP) is 4.13. The molecule has 4 nitrogen and oxygen atoms in total. The van der Waals surface area contributed by atoms with Gasteiger partial charge in [0.2, 0.25) is 0 Å². The number of amides is 1. The zero-order valence-corrected chi connectivity index (χ0v) is 17.1. The molecule has 1 amide bonds. The summed E-state index contributed by atoms with van der Waals surface area (Å²) >= 11 is 1.60. The van der Waals surface area contributed by atoms with Crippen LogP contribution in [0.3, 0.4) is 0 Å². The molecule has 1 unspecified atom stereocenters. The Labute approximate surface area is 159 Å². The van der Waals surface area contributed by atoms with Crippen LogP contribution in [0.15, 0.2) is 16.9 Å². The molecule has 2 aromatic heterocycles. The maximum absolute atomic E-state index is 12.6. The smallest absolute Gasteiger partial charge is 0.261 e. The van der Waals surface area contributed by atoms with Crippen molar-refractivity contribution in [3.05, 3.63) is 54.6 Å². The van der Waals surface area contributed by atoms with Gasteiger partial charge in [-0.3, -0.25) is 9.59 Å². The van der Waals surface area contributed by atoms with Gasteiger partial charge in [-0.25, -0.2) is 0 Å². The Morgan fingerprint density at radius 2 is 2.04 bits per heavy atom. The highest BCUT2D eigenvalue weighted by Crippen LogP contribution is 2.40. The van der Waals surface area contributed by atoms with Crippen LogP contribution in [0.5, 0.6) is 0 Å². The van der Waals surface area contributed by atoms with Gasteiger partial charge in [-0.1, -0.05) is 20.8 Å². The number of aryl methyl sites for hydroxylation is 3. The van der Waals surface area contributed by atoms with E-state index < -0.39 is 0 Å². The van der Waals surface area contributed by atoms with Crippen molar-refractivity contribution in [1.29, 1.82) is 0 Å². The maximum atomic E-state index is 12.6. The zero-order chi connectivity index (χ0) is 19.1. The Hall–Kier alpha value is -1.88. The summed E-state index contributed by atoms with van der Waals surface area (Å²) in [7, 11) is 0. The molecule has 2 heterocycles. The Morgan fingerprint density at radius 1 is 1.31 bits per heavy atom. The third-order valence-corrected chi connectivity index (χ3v) is 6.69. The Kier molecular flexibility index (Phi) is 5.11. The number of rotatable bonds is 3. The number of aromatic amines is 1. The van der Waals surface area contributed by atoms with Gasteiger partial charge >= 0.3 is 0 Å². The average molecular weight is 373 g/mol. The fraction of sp³-hybridized carbons (Fsp3) is 0.524. The highest BCUT2D eigenvalue weighted by atomic mass is 32.1. The summed E-state index contributed by atoms with van der Waals surface area (Å²) < 4.78 is 0. The summed E-state index contributed by atoms with van der Waals surface area (Å²) in [6.07, 6.45) is 3.31. The molecule has 0 saturated heterocycles. The van der Waals surface area contributed by atoms with E-state index in [0.29, 0.717) is 16.9 Å². The molecule has 1 aliphatic carbocycles. The van der Waals surface area contributed by atoms with Crippen LogP contribution in [0.2, 0.25) is 0 Å². The van der Waals surface area contributed by atoms with Crippen molar-refractivity contribution in [3.63, 3.8) is 0 Å². The number of carbonyl (C=O) groups is 1. The van der Waals surface area contributed by atoms with Crippen LogP contribution in [0, 0.1) is 25.2 Å². The first kappa shape index (κ1) is 18.9. The normalized spacial score (nSPS) is 17.0. The molecule has 26 heavy (non-hydrogen) atoms. The first-order valence-corrected chi connectivity index (χ1v) is 10.1. The van der Waals surface area contributed by atoms with Gasteiger partial charge in [0.1, 0.15) is 0 Å². The lowest BCUT2D eigenvalue weighted by molar-refractivity contribution is 0.0954. The summed E-state index contributed by atoms with van der Waals surface area (Å²) in [6.45, 7) is 10.9. The molecule has 0 bridgehead atoms. The fourth-order valence-corrected chi connectivity index (χ4v) is 4.86. The minimum atomic E-state index is -0.124. The van der Waals surface area contributed by atoms with Crippen molar-refractivity contribution in [3.8, 4) is 0 Å². The minimum Gasteiger partial charge on any atom is -0.347 e. The van der Waals surface area contributed by atoms with E-state index >= 15 is 0 Å². The molecule has 1 aliphatic rings. The number of thiophene rings is 1. The maximum Gasteiger partial charge on any atom is 0.261 e. The average Bonchev–Trinajstić information content (AvgIpc) is 2.96. The number of aromatic nitrogens is 1. The van der Waals surface area contributed by atoms with Crippen molar-refractivity contribution < 1.29 is 4.79 Å². The topological polar surface area (TPSA) is 62.0 Å². The SMILES string of the molecule is Cc1cc(C)c(CNC(=O)c2cc3c(s2)CCC(C(C)(C)C)C3)c(=O)[nH]1. The molecule has 3 rings (SSSR count). The predicted molar refractivity (Wildman–Crippen MR) is 107 cm³/mol. The van der Waals surface area contributed by atoms with E-state index in [0.717, 1.165) is 29.0 Å². The standard InChI is InChI=1S/C21H28N2O2S/c1-12-8-13(2)23-19(24)16(12)11-22-20(25)18-10-14-9-15(21(3,4)5)6-7-17(14)26-18/h8,10,15H,6-7,9,11H2,1-5H3,(H,22,25)(H,23,24). The summed E-state index contributed by atoms with van der Waals surface area (Å²) in [5.74, 6) is 0.574. The molecule has 0 aliphatic heterocycles. The number of carbonyl (C=O) groups excluding carboxylic acids is 1. The van der Waals surface area contributed by atoms with E-state index in [1.54, 1.807) is 11.3 Å². The van der Waals surface area contributed by atoms with Gasteiger partial charge in [0.25, 0.3) is 11.5 Å². The molecule has 5 heteroatoms. The minimum absolute atomic E-state index is 0.0870. The van der Waals surface area contributed by atoms with Crippen molar-refractivity contribution in [2.75, 3.05) is 0 Å². The molecular formula is C21H28N2O2S. The first-order valence-electron chi connectivity index (χ1n) is 9.24. The van der Waals surface area contributed by atoms with Crippen LogP contribution in [0.1, 0.15) is 64.1 Å². The lowest BCUT2D eigenvalue weighted by Crippen LogP contribution is -2.27. The van der Waals surface area contributed by atoms with Gasteiger partial charge in [0.05, 0.1) is 4.88 Å². The van der Waals surface area contributed by atoms with E-state index in [1.165, 1.54) is 16.9 Å². The summed E-state index contributed by atoms with van der Waals surface area (Å²) in [4.78, 5) is 29.6. The second-order valence-corrected chi connectivity index (χ2v) is 9.63. The second kappa shape index (κ2) is 7.03. The third kappa shape index (κ3) is 3.93. The molecule has 0 fully saturated rings. The van der Waals surface area contributed by atoms with Gasteiger partial charge in [0.15, 0.2) is 0 Å². The van der Waals surface area contributed by atoms with Crippen LogP contribution in [-0.4, -0.2) is 10.9 Å². The summed E-state index contributed by atoms with van der Waals surface area (Å²) in [5, 5.41) is 2.92. The second-order valence-electron chi connectivity index (χ2n) is 8.49. The Bertz CT molecular complexity index is 886. The molecule has 1 atom stereocenters. The quantitative estimate of drug-likeness (QED) is 0.851. The number of fused-ring (bicyclic) bond motifs is 1. The van der Waals surface area contributed by atoms with Gasteiger partial charge in [-0.2, -0.15) is 0 Å². The van der Waals surface area contributed by atoms with Crippen LogP contribution < -0.4 is 10.9 Å². The van der Waals surface area contributed by atoms with E-state index in [9.17, 15) is 9.59 Å². The van der Waals surface area contributed by atoms with Crippen molar-refractivity contribution >= 4 is 17.2 Å². The van der Waals surface area contributed by atoms with E-state index in [4.69, 9.17) is 0 Å². The van der Waals surface area contributed by atoms with Crippen LogP contribution in [0.4, 0.5) is 0 Å². The Morgan fingerprint density at radius 3 is 2.69 bits per heavy atom. The number of hydrogen-bond acceptors (Lipinski definition) is 3. The van der Waals surface area contributed by atoms with E-state index in [-0.39, 0.29) is 18.0 Å². The highest BCUT2D eigenvalue weighted by Gasteiger charge is 2.30. The van der Waals surface area contributed by atoms with Crippen molar-refractivity contribution in [1.82, 2.24) is 10.3 Å². The highest BCUT2D eigenvalue weighted by molar-refractivity contribution is 7.14. The number of pyridine rings is 1. The molecule has 0 aromatic carbocycles. The van der Waals surface area contributed by atoms with Crippen molar-refractivity contribution in [2.45, 2.75) is 60.4 Å².